The molecular weight excluding hydrogens is 174 g/mol. The monoisotopic (exact) mass is 199 g/mol. The zero-order valence-electron chi connectivity index (χ0n) is 10.0. The lowest BCUT2D eigenvalue weighted by atomic mass is 9.78. The quantitative estimate of drug-likeness (QED) is 0.751. The molecule has 0 saturated heterocycles. The van der Waals surface area contributed by atoms with Gasteiger partial charge in [0, 0.05) is 19.2 Å². The number of methoxy groups -OCH3 is 1. The summed E-state index contributed by atoms with van der Waals surface area (Å²) in [7, 11) is 1.77. The Hall–Kier alpha value is -0.0800. The Kier molecular flexibility index (Phi) is 4.90. The van der Waals surface area contributed by atoms with Crippen LogP contribution in [0.2, 0.25) is 0 Å². The van der Waals surface area contributed by atoms with Crippen molar-refractivity contribution in [1.29, 1.82) is 0 Å². The lowest BCUT2D eigenvalue weighted by molar-refractivity contribution is 0.136. The second kappa shape index (κ2) is 5.72. The second-order valence-electron chi connectivity index (χ2n) is 4.93. The first-order valence-electron chi connectivity index (χ1n) is 5.90. The smallest absolute Gasteiger partial charge is 0.0613 e. The van der Waals surface area contributed by atoms with E-state index in [2.05, 4.69) is 26.1 Å². The van der Waals surface area contributed by atoms with Gasteiger partial charge in [-0.3, -0.25) is 0 Å². The third kappa shape index (κ3) is 3.25. The summed E-state index contributed by atoms with van der Waals surface area (Å²) in [5, 5.41) is 3.69. The highest BCUT2D eigenvalue weighted by atomic mass is 16.5. The maximum Gasteiger partial charge on any atom is 0.0613 e. The molecule has 0 radical (unpaired) electrons. The van der Waals surface area contributed by atoms with Gasteiger partial charge in [-0.25, -0.2) is 0 Å². The summed E-state index contributed by atoms with van der Waals surface area (Å²) in [5.74, 6) is 1.64. The number of hydrogen-bond donors (Lipinski definition) is 1. The van der Waals surface area contributed by atoms with Crippen molar-refractivity contribution in [2.75, 3.05) is 13.7 Å². The molecular formula is C12H25NO. The van der Waals surface area contributed by atoms with Crippen LogP contribution in [0.5, 0.6) is 0 Å². The van der Waals surface area contributed by atoms with Gasteiger partial charge >= 0.3 is 0 Å². The van der Waals surface area contributed by atoms with Crippen LogP contribution >= 0.6 is 0 Å². The molecule has 0 aliphatic heterocycles. The summed E-state index contributed by atoms with van der Waals surface area (Å²) < 4.78 is 5.15. The van der Waals surface area contributed by atoms with Gasteiger partial charge in [-0.1, -0.05) is 20.3 Å². The van der Waals surface area contributed by atoms with E-state index in [9.17, 15) is 0 Å². The van der Waals surface area contributed by atoms with Crippen molar-refractivity contribution >= 4 is 0 Å². The van der Waals surface area contributed by atoms with Crippen LogP contribution in [0.3, 0.4) is 0 Å². The first kappa shape index (κ1) is 12.0. The molecule has 1 N–H and O–H groups in total. The van der Waals surface area contributed by atoms with Gasteiger partial charge in [0.25, 0.3) is 0 Å². The van der Waals surface area contributed by atoms with E-state index < -0.39 is 0 Å². The molecule has 2 nitrogen and oxygen atoms in total. The van der Waals surface area contributed by atoms with Crippen LogP contribution in [-0.4, -0.2) is 25.8 Å². The van der Waals surface area contributed by atoms with Crippen molar-refractivity contribution in [2.24, 2.45) is 11.8 Å². The van der Waals surface area contributed by atoms with E-state index in [0.29, 0.717) is 12.1 Å². The number of rotatable bonds is 4. The third-order valence-corrected chi connectivity index (χ3v) is 3.44. The summed E-state index contributed by atoms with van der Waals surface area (Å²) in [4.78, 5) is 0. The lowest BCUT2D eigenvalue weighted by Crippen LogP contribution is -2.48. The molecule has 0 amide bonds. The minimum Gasteiger partial charge on any atom is -0.383 e. The van der Waals surface area contributed by atoms with Gasteiger partial charge in [-0.2, -0.15) is 0 Å². The van der Waals surface area contributed by atoms with Crippen LogP contribution in [0.15, 0.2) is 0 Å². The number of ether oxygens (including phenoxy) is 1. The van der Waals surface area contributed by atoms with Crippen molar-refractivity contribution < 1.29 is 4.74 Å². The predicted octanol–water partition coefficient (Wildman–Crippen LogP) is 2.44. The molecule has 1 saturated carbocycles. The molecule has 2 heteroatoms. The van der Waals surface area contributed by atoms with Crippen molar-refractivity contribution in [1.82, 2.24) is 5.32 Å². The Morgan fingerprint density at radius 1 is 1.29 bits per heavy atom. The lowest BCUT2D eigenvalue weighted by Gasteiger charge is -2.37. The van der Waals surface area contributed by atoms with E-state index in [-0.39, 0.29) is 0 Å². The van der Waals surface area contributed by atoms with Crippen LogP contribution in [0, 0.1) is 11.8 Å². The topological polar surface area (TPSA) is 21.3 Å². The predicted molar refractivity (Wildman–Crippen MR) is 60.4 cm³/mol. The van der Waals surface area contributed by atoms with E-state index in [1.807, 2.05) is 0 Å². The molecule has 0 bridgehead atoms. The highest BCUT2D eigenvalue weighted by molar-refractivity contribution is 4.84. The summed E-state index contributed by atoms with van der Waals surface area (Å²) >= 11 is 0. The maximum absolute atomic E-state index is 5.15. The molecule has 3 atom stereocenters. The normalized spacial score (nSPS) is 31.7. The van der Waals surface area contributed by atoms with Gasteiger partial charge in [-0.05, 0) is 31.6 Å². The van der Waals surface area contributed by atoms with Crippen molar-refractivity contribution in [3.05, 3.63) is 0 Å². The van der Waals surface area contributed by atoms with Gasteiger partial charge in [-0.15, -0.1) is 0 Å². The van der Waals surface area contributed by atoms with Gasteiger partial charge in [0.2, 0.25) is 0 Å². The average molecular weight is 199 g/mol. The Balaban J connectivity index is 2.39. The fourth-order valence-corrected chi connectivity index (χ4v) is 2.64. The van der Waals surface area contributed by atoms with Crippen LogP contribution in [0.4, 0.5) is 0 Å². The molecule has 1 aliphatic carbocycles. The Morgan fingerprint density at radius 3 is 2.36 bits per heavy atom. The van der Waals surface area contributed by atoms with Crippen LogP contribution in [0.25, 0.3) is 0 Å². The molecule has 1 aliphatic rings. The van der Waals surface area contributed by atoms with E-state index in [1.54, 1.807) is 7.11 Å². The molecule has 1 fully saturated rings. The highest BCUT2D eigenvalue weighted by Crippen LogP contribution is 2.28. The number of hydrogen-bond acceptors (Lipinski definition) is 2. The Labute approximate surface area is 88.4 Å². The minimum absolute atomic E-state index is 0.480. The van der Waals surface area contributed by atoms with Crippen molar-refractivity contribution in [2.45, 2.75) is 52.1 Å². The van der Waals surface area contributed by atoms with E-state index in [4.69, 9.17) is 4.74 Å². The van der Waals surface area contributed by atoms with Crippen molar-refractivity contribution in [3.8, 4) is 0 Å². The fraction of sp³-hybridized carbons (Fsp3) is 1.00. The van der Waals surface area contributed by atoms with Crippen LogP contribution < -0.4 is 5.32 Å². The first-order valence-corrected chi connectivity index (χ1v) is 5.90. The summed E-state index contributed by atoms with van der Waals surface area (Å²) in [6.45, 7) is 7.76. The van der Waals surface area contributed by atoms with Gasteiger partial charge in [0.1, 0.15) is 0 Å². The molecule has 14 heavy (non-hydrogen) atoms. The second-order valence-corrected chi connectivity index (χ2v) is 4.93. The Bertz CT molecular complexity index is 150. The summed E-state index contributed by atoms with van der Waals surface area (Å²) in [6, 6.07) is 1.17. The van der Waals surface area contributed by atoms with Gasteiger partial charge in [0.05, 0.1) is 6.61 Å². The molecule has 0 aromatic heterocycles. The standard InChI is InChI=1S/C12H25NO/c1-9-6-5-7-10(2)12(9)13-11(3)8-14-4/h9-13H,5-8H2,1-4H3/t9-,10-,11?/m1/s1. The zero-order chi connectivity index (χ0) is 10.6. The average Bonchev–Trinajstić information content (AvgIpc) is 2.12. The first-order chi connectivity index (χ1) is 6.65. The molecule has 0 aromatic carbocycles. The van der Waals surface area contributed by atoms with Gasteiger partial charge in [0.15, 0.2) is 0 Å². The van der Waals surface area contributed by atoms with Crippen LogP contribution in [-0.2, 0) is 4.74 Å². The zero-order valence-corrected chi connectivity index (χ0v) is 10.0. The summed E-state index contributed by atoms with van der Waals surface area (Å²) in [5.41, 5.74) is 0. The molecule has 0 aromatic rings. The fourth-order valence-electron chi connectivity index (χ4n) is 2.64. The van der Waals surface area contributed by atoms with E-state index in [0.717, 1.165) is 18.4 Å². The summed E-state index contributed by atoms with van der Waals surface area (Å²) in [6.07, 6.45) is 4.16. The molecule has 0 heterocycles. The van der Waals surface area contributed by atoms with E-state index >= 15 is 0 Å². The van der Waals surface area contributed by atoms with Gasteiger partial charge < -0.3 is 10.1 Å². The minimum atomic E-state index is 0.480. The van der Waals surface area contributed by atoms with E-state index in [1.165, 1.54) is 19.3 Å². The number of nitrogens with one attached hydrogen (secondary N) is 1. The maximum atomic E-state index is 5.15. The van der Waals surface area contributed by atoms with Crippen LogP contribution in [0.1, 0.15) is 40.0 Å². The van der Waals surface area contributed by atoms with Crippen molar-refractivity contribution in [3.63, 3.8) is 0 Å². The molecule has 0 spiro atoms. The highest BCUT2D eigenvalue weighted by Gasteiger charge is 2.28. The third-order valence-electron chi connectivity index (χ3n) is 3.44. The SMILES string of the molecule is COCC(C)NC1[C@H](C)CCC[C@H]1C. The molecule has 1 rings (SSSR count). The molecule has 84 valence electrons. The largest absolute Gasteiger partial charge is 0.383 e. The Morgan fingerprint density at radius 2 is 1.86 bits per heavy atom. The molecule has 1 unspecified atom stereocenters.